The Hall–Kier alpha value is -2.25. The summed E-state index contributed by atoms with van der Waals surface area (Å²) < 4.78 is 28.1. The highest BCUT2D eigenvalue weighted by Gasteiger charge is 2.24. The van der Waals surface area contributed by atoms with Crippen molar-refractivity contribution in [2.75, 3.05) is 0 Å². The third-order valence-corrected chi connectivity index (χ3v) is 5.95. The van der Waals surface area contributed by atoms with E-state index in [9.17, 15) is 8.42 Å². The van der Waals surface area contributed by atoms with Gasteiger partial charge in [0.25, 0.3) is 10.0 Å². The van der Waals surface area contributed by atoms with E-state index in [-0.39, 0.29) is 4.90 Å². The number of hydrogen-bond acceptors (Lipinski definition) is 4. The van der Waals surface area contributed by atoms with E-state index in [1.165, 1.54) is 16.2 Å². The quantitative estimate of drug-likeness (QED) is 0.493. The molecule has 0 unspecified atom stereocenters. The normalized spacial score (nSPS) is 12.0. The molecule has 3 aromatic heterocycles. The van der Waals surface area contributed by atoms with E-state index in [1.807, 2.05) is 24.3 Å². The van der Waals surface area contributed by atoms with Gasteiger partial charge >= 0.3 is 0 Å². The van der Waals surface area contributed by atoms with Crippen LogP contribution in [-0.2, 0) is 10.0 Å². The Morgan fingerprint density at radius 3 is 2.57 bits per heavy atom. The summed E-state index contributed by atoms with van der Waals surface area (Å²) in [6.07, 6.45) is 4.54. The van der Waals surface area contributed by atoms with Gasteiger partial charge in [0.15, 0.2) is 0 Å². The number of aromatic nitrogens is 3. The molecule has 114 valence electrons. The molecule has 0 radical (unpaired) electrons. The second-order valence-electron chi connectivity index (χ2n) is 4.97. The van der Waals surface area contributed by atoms with Crippen LogP contribution in [-0.4, -0.2) is 22.4 Å². The van der Waals surface area contributed by atoms with Crippen molar-refractivity contribution in [1.82, 2.24) is 13.9 Å². The molecule has 4 aromatic rings. The topological polar surface area (TPSA) is 64.8 Å². The molecule has 0 saturated carbocycles. The summed E-state index contributed by atoms with van der Waals surface area (Å²) in [5.41, 5.74) is 1.14. The maximum atomic E-state index is 13.1. The monoisotopic (exact) mass is 387 g/mol. The van der Waals surface area contributed by atoms with Crippen LogP contribution in [0, 0.1) is 0 Å². The Morgan fingerprint density at radius 2 is 1.78 bits per heavy atom. The number of fused-ring (bicyclic) bond motifs is 3. The fourth-order valence-corrected chi connectivity index (χ4v) is 4.82. The lowest BCUT2D eigenvalue weighted by atomic mass is 10.2. The Labute approximate surface area is 140 Å². The molecule has 0 fully saturated rings. The van der Waals surface area contributed by atoms with Crippen LogP contribution in [0.5, 0.6) is 0 Å². The van der Waals surface area contributed by atoms with Crippen molar-refractivity contribution in [1.29, 1.82) is 0 Å². The van der Waals surface area contributed by atoms with Gasteiger partial charge in [-0.3, -0.25) is 4.98 Å². The van der Waals surface area contributed by atoms with Gasteiger partial charge in [-0.2, -0.15) is 0 Å². The first kappa shape index (κ1) is 14.3. The fraction of sp³-hybridized carbons (Fsp3) is 0. The molecule has 4 rings (SSSR count). The molecular weight excluding hydrogens is 378 g/mol. The van der Waals surface area contributed by atoms with Crippen LogP contribution in [0.15, 0.2) is 70.6 Å². The molecule has 0 atom stereocenters. The third-order valence-electron chi connectivity index (χ3n) is 3.67. The van der Waals surface area contributed by atoms with Gasteiger partial charge in [0, 0.05) is 29.4 Å². The average Bonchev–Trinajstić information content (AvgIpc) is 2.92. The molecule has 0 aliphatic heterocycles. The van der Waals surface area contributed by atoms with Gasteiger partial charge in [-0.15, -0.1) is 0 Å². The van der Waals surface area contributed by atoms with Crippen molar-refractivity contribution < 1.29 is 8.42 Å². The minimum absolute atomic E-state index is 0.137. The molecule has 1 aromatic carbocycles. The number of pyridine rings is 2. The molecule has 0 amide bonds. The fourth-order valence-electron chi connectivity index (χ4n) is 2.69. The van der Waals surface area contributed by atoms with E-state index in [4.69, 9.17) is 0 Å². The summed E-state index contributed by atoms with van der Waals surface area (Å²) in [4.78, 5) is 8.25. The number of nitrogens with zero attached hydrogens (tertiary/aromatic N) is 3. The van der Waals surface area contributed by atoms with Crippen molar-refractivity contribution in [2.24, 2.45) is 0 Å². The van der Waals surface area contributed by atoms with Crippen LogP contribution in [0.3, 0.4) is 0 Å². The molecule has 0 spiro atoms. The third kappa shape index (κ3) is 2.08. The molecule has 0 N–H and O–H groups in total. The molecular formula is C16H10BrN3O2S. The SMILES string of the molecule is O=S(=O)(c1cccnc1)n1c2ccccc2c2ccnc(Br)c21. The highest BCUT2D eigenvalue weighted by molar-refractivity contribution is 9.10. The van der Waals surface area contributed by atoms with E-state index < -0.39 is 10.0 Å². The van der Waals surface area contributed by atoms with E-state index in [0.717, 1.165) is 10.8 Å². The zero-order valence-corrected chi connectivity index (χ0v) is 14.1. The minimum atomic E-state index is -3.79. The van der Waals surface area contributed by atoms with Crippen molar-refractivity contribution in [3.05, 3.63) is 65.7 Å². The Kier molecular flexibility index (Phi) is 3.21. The zero-order chi connectivity index (χ0) is 16.0. The number of para-hydroxylation sites is 1. The van der Waals surface area contributed by atoms with Crippen LogP contribution in [0.25, 0.3) is 21.8 Å². The summed E-state index contributed by atoms with van der Waals surface area (Å²) in [6, 6.07) is 12.4. The van der Waals surface area contributed by atoms with Crippen LogP contribution in [0.2, 0.25) is 0 Å². The second-order valence-corrected chi connectivity index (χ2v) is 7.51. The van der Waals surface area contributed by atoms with E-state index in [2.05, 4.69) is 25.9 Å². The van der Waals surface area contributed by atoms with Crippen LogP contribution < -0.4 is 0 Å². The minimum Gasteiger partial charge on any atom is -0.263 e. The van der Waals surface area contributed by atoms with E-state index in [0.29, 0.717) is 15.6 Å². The lowest BCUT2D eigenvalue weighted by Gasteiger charge is -2.09. The maximum Gasteiger partial charge on any atom is 0.270 e. The molecule has 0 aliphatic rings. The number of hydrogen-bond donors (Lipinski definition) is 0. The molecule has 5 nitrogen and oxygen atoms in total. The standard InChI is InChI=1S/C16H10BrN3O2S/c17-16-15-13(7-9-19-16)12-5-1-2-6-14(12)20(15)23(21,22)11-4-3-8-18-10-11/h1-10H. The smallest absolute Gasteiger partial charge is 0.263 e. The van der Waals surface area contributed by atoms with Gasteiger partial charge in [-0.05, 0) is 40.2 Å². The summed E-state index contributed by atoms with van der Waals surface area (Å²) in [7, 11) is -3.79. The molecule has 23 heavy (non-hydrogen) atoms. The highest BCUT2D eigenvalue weighted by Crippen LogP contribution is 2.35. The first-order valence-corrected chi connectivity index (χ1v) is 9.03. The van der Waals surface area contributed by atoms with Gasteiger partial charge in [0.2, 0.25) is 0 Å². The van der Waals surface area contributed by atoms with Gasteiger partial charge < -0.3 is 0 Å². The molecule has 0 aliphatic carbocycles. The molecule has 0 saturated heterocycles. The predicted octanol–water partition coefficient (Wildman–Crippen LogP) is 3.58. The van der Waals surface area contributed by atoms with Crippen LogP contribution >= 0.6 is 15.9 Å². The van der Waals surface area contributed by atoms with Crippen LogP contribution in [0.4, 0.5) is 0 Å². The molecule has 0 bridgehead atoms. The van der Waals surface area contributed by atoms with Gasteiger partial charge in [0.1, 0.15) is 9.50 Å². The van der Waals surface area contributed by atoms with Crippen molar-refractivity contribution in [3.8, 4) is 0 Å². The molecule has 7 heteroatoms. The first-order chi connectivity index (χ1) is 11.1. The first-order valence-electron chi connectivity index (χ1n) is 6.80. The van der Waals surface area contributed by atoms with Crippen molar-refractivity contribution >= 4 is 47.8 Å². The number of rotatable bonds is 2. The Morgan fingerprint density at radius 1 is 0.957 bits per heavy atom. The summed E-state index contributed by atoms with van der Waals surface area (Å²) in [5, 5.41) is 1.69. The maximum absolute atomic E-state index is 13.1. The van der Waals surface area contributed by atoms with Crippen molar-refractivity contribution in [3.63, 3.8) is 0 Å². The Bertz CT molecular complexity index is 1140. The average molecular weight is 388 g/mol. The predicted molar refractivity (Wildman–Crippen MR) is 91.8 cm³/mol. The summed E-state index contributed by atoms with van der Waals surface area (Å²) >= 11 is 3.38. The summed E-state index contributed by atoms with van der Waals surface area (Å²) in [5.74, 6) is 0. The van der Waals surface area contributed by atoms with Gasteiger partial charge in [0.05, 0.1) is 11.0 Å². The van der Waals surface area contributed by atoms with E-state index in [1.54, 1.807) is 24.5 Å². The van der Waals surface area contributed by atoms with E-state index >= 15 is 0 Å². The van der Waals surface area contributed by atoms with Gasteiger partial charge in [-0.1, -0.05) is 18.2 Å². The van der Waals surface area contributed by atoms with Crippen LogP contribution in [0.1, 0.15) is 0 Å². The Balaban J connectivity index is 2.22. The largest absolute Gasteiger partial charge is 0.270 e. The summed E-state index contributed by atoms with van der Waals surface area (Å²) in [6.45, 7) is 0. The lowest BCUT2D eigenvalue weighted by Crippen LogP contribution is -2.13. The number of halogens is 1. The zero-order valence-electron chi connectivity index (χ0n) is 11.7. The van der Waals surface area contributed by atoms with Gasteiger partial charge in [-0.25, -0.2) is 17.4 Å². The van der Waals surface area contributed by atoms with Crippen molar-refractivity contribution in [2.45, 2.75) is 4.90 Å². The second kappa shape index (κ2) is 5.14. The highest BCUT2D eigenvalue weighted by atomic mass is 79.9. The number of benzene rings is 1. The lowest BCUT2D eigenvalue weighted by molar-refractivity contribution is 0.590. The molecule has 3 heterocycles.